The Morgan fingerprint density at radius 3 is 2.93 bits per heavy atom. The maximum Gasteiger partial charge on any atom is 0.0585 e. The summed E-state index contributed by atoms with van der Waals surface area (Å²) in [6, 6.07) is 2.37. The van der Waals surface area contributed by atoms with Gasteiger partial charge in [-0.15, -0.1) is 11.3 Å². The van der Waals surface area contributed by atoms with E-state index in [1.807, 2.05) is 11.8 Å². The highest BCUT2D eigenvalue weighted by Crippen LogP contribution is 2.15. The Hall–Kier alpha value is -0.0300. The van der Waals surface area contributed by atoms with Crippen molar-refractivity contribution in [3.05, 3.63) is 21.9 Å². The van der Waals surface area contributed by atoms with E-state index in [-0.39, 0.29) is 12.6 Å². The second kappa shape index (κ2) is 7.28. The summed E-state index contributed by atoms with van der Waals surface area (Å²) in [5.74, 6) is 1.10. The SMILES string of the molecule is CSCCC(CO)NCc1sccc1C. The molecule has 15 heavy (non-hydrogen) atoms. The van der Waals surface area contributed by atoms with Gasteiger partial charge in [0.25, 0.3) is 0 Å². The first-order valence-corrected chi connectivity index (χ1v) is 7.41. The molecule has 0 spiro atoms. The first kappa shape index (κ1) is 13.0. The monoisotopic (exact) mass is 245 g/mol. The van der Waals surface area contributed by atoms with Crippen LogP contribution < -0.4 is 5.32 Å². The van der Waals surface area contributed by atoms with Gasteiger partial charge >= 0.3 is 0 Å². The van der Waals surface area contributed by atoms with Gasteiger partial charge in [0.2, 0.25) is 0 Å². The minimum atomic E-state index is 0.227. The Morgan fingerprint density at radius 1 is 1.60 bits per heavy atom. The Balaban J connectivity index is 2.31. The molecule has 0 aromatic carbocycles. The van der Waals surface area contributed by atoms with Crippen LogP contribution in [0, 0.1) is 6.92 Å². The number of thiophene rings is 1. The van der Waals surface area contributed by atoms with Gasteiger partial charge in [0.15, 0.2) is 0 Å². The fraction of sp³-hybridized carbons (Fsp3) is 0.636. The van der Waals surface area contributed by atoms with E-state index in [0.29, 0.717) is 0 Å². The number of rotatable bonds is 7. The van der Waals surface area contributed by atoms with Gasteiger partial charge in [-0.2, -0.15) is 11.8 Å². The van der Waals surface area contributed by atoms with Gasteiger partial charge < -0.3 is 10.4 Å². The van der Waals surface area contributed by atoms with Crippen LogP contribution >= 0.6 is 23.1 Å². The molecule has 1 atom stereocenters. The first-order valence-electron chi connectivity index (χ1n) is 5.14. The highest BCUT2D eigenvalue weighted by atomic mass is 32.2. The van der Waals surface area contributed by atoms with E-state index in [2.05, 4.69) is 29.9 Å². The molecule has 2 nitrogen and oxygen atoms in total. The lowest BCUT2D eigenvalue weighted by atomic mass is 10.2. The van der Waals surface area contributed by atoms with Crippen molar-refractivity contribution >= 4 is 23.1 Å². The molecule has 0 radical (unpaired) electrons. The van der Waals surface area contributed by atoms with Crippen molar-refractivity contribution < 1.29 is 5.11 Å². The standard InChI is InChI=1S/C11H19NOS2/c1-9-3-6-15-11(9)7-12-10(8-13)4-5-14-2/h3,6,10,12-13H,4-5,7-8H2,1-2H3. The predicted octanol–water partition coefficient (Wildman–Crippen LogP) is 2.26. The Labute approximate surface area is 100 Å². The molecule has 0 fully saturated rings. The highest BCUT2D eigenvalue weighted by molar-refractivity contribution is 7.98. The van der Waals surface area contributed by atoms with E-state index in [0.717, 1.165) is 18.7 Å². The largest absolute Gasteiger partial charge is 0.395 e. The second-order valence-electron chi connectivity index (χ2n) is 3.57. The van der Waals surface area contributed by atoms with Crippen molar-refractivity contribution in [3.63, 3.8) is 0 Å². The summed E-state index contributed by atoms with van der Waals surface area (Å²) in [5, 5.41) is 14.7. The molecule has 1 aromatic rings. The molecule has 0 amide bonds. The molecule has 86 valence electrons. The lowest BCUT2D eigenvalue weighted by molar-refractivity contribution is 0.239. The zero-order chi connectivity index (χ0) is 11.1. The molecule has 1 aromatic heterocycles. The van der Waals surface area contributed by atoms with Gasteiger partial charge in [0.1, 0.15) is 0 Å². The number of aryl methyl sites for hydroxylation is 1. The van der Waals surface area contributed by atoms with E-state index < -0.39 is 0 Å². The average molecular weight is 245 g/mol. The van der Waals surface area contributed by atoms with Crippen molar-refractivity contribution in [1.29, 1.82) is 0 Å². The third-order valence-corrected chi connectivity index (χ3v) is 4.08. The molecule has 0 aliphatic carbocycles. The molecular weight excluding hydrogens is 226 g/mol. The van der Waals surface area contributed by atoms with Crippen molar-refractivity contribution in [2.45, 2.75) is 25.9 Å². The van der Waals surface area contributed by atoms with Crippen LogP contribution in [0.5, 0.6) is 0 Å². The third kappa shape index (κ3) is 4.55. The quantitative estimate of drug-likeness (QED) is 0.773. The van der Waals surface area contributed by atoms with Crippen LogP contribution in [0.2, 0.25) is 0 Å². The second-order valence-corrected chi connectivity index (χ2v) is 5.55. The Bertz CT molecular complexity index is 275. The van der Waals surface area contributed by atoms with Crippen molar-refractivity contribution in [3.8, 4) is 0 Å². The predicted molar refractivity (Wildman–Crippen MR) is 69.8 cm³/mol. The van der Waals surface area contributed by atoms with Crippen LogP contribution in [0.1, 0.15) is 16.9 Å². The lowest BCUT2D eigenvalue weighted by Gasteiger charge is -2.15. The summed E-state index contributed by atoms with van der Waals surface area (Å²) < 4.78 is 0. The fourth-order valence-corrected chi connectivity index (χ4v) is 2.72. The molecule has 4 heteroatoms. The topological polar surface area (TPSA) is 32.3 Å². The number of hydrogen-bond donors (Lipinski definition) is 2. The molecule has 0 aliphatic heterocycles. The van der Waals surface area contributed by atoms with Crippen LogP contribution in [0.15, 0.2) is 11.4 Å². The molecule has 1 unspecified atom stereocenters. The minimum absolute atomic E-state index is 0.227. The number of nitrogens with one attached hydrogen (secondary N) is 1. The van der Waals surface area contributed by atoms with Gasteiger partial charge in [-0.1, -0.05) is 0 Å². The minimum Gasteiger partial charge on any atom is -0.395 e. The number of aliphatic hydroxyl groups is 1. The van der Waals surface area contributed by atoms with E-state index in [1.165, 1.54) is 10.4 Å². The lowest BCUT2D eigenvalue weighted by Crippen LogP contribution is -2.32. The van der Waals surface area contributed by atoms with Crippen LogP contribution in [-0.4, -0.2) is 29.8 Å². The summed E-state index contributed by atoms with van der Waals surface area (Å²) in [7, 11) is 0. The number of hydrogen-bond acceptors (Lipinski definition) is 4. The smallest absolute Gasteiger partial charge is 0.0585 e. The summed E-state index contributed by atoms with van der Waals surface area (Å²) in [4.78, 5) is 1.37. The van der Waals surface area contributed by atoms with Crippen LogP contribution in [-0.2, 0) is 6.54 Å². The van der Waals surface area contributed by atoms with E-state index in [1.54, 1.807) is 11.3 Å². The normalized spacial score (nSPS) is 13.0. The molecule has 1 heterocycles. The summed E-state index contributed by atoms with van der Waals surface area (Å²) >= 11 is 3.60. The zero-order valence-corrected chi connectivity index (χ0v) is 11.0. The van der Waals surface area contributed by atoms with Crippen LogP contribution in [0.4, 0.5) is 0 Å². The molecule has 0 saturated carbocycles. The summed E-state index contributed by atoms with van der Waals surface area (Å²) in [5.41, 5.74) is 1.34. The third-order valence-electron chi connectivity index (χ3n) is 2.41. The summed E-state index contributed by atoms with van der Waals surface area (Å²) in [6.45, 7) is 3.23. The van der Waals surface area contributed by atoms with E-state index in [9.17, 15) is 5.11 Å². The number of thioether (sulfide) groups is 1. The molecule has 0 bridgehead atoms. The van der Waals surface area contributed by atoms with Crippen molar-refractivity contribution in [2.75, 3.05) is 18.6 Å². The zero-order valence-electron chi connectivity index (χ0n) is 9.32. The van der Waals surface area contributed by atoms with Gasteiger partial charge in [0, 0.05) is 17.5 Å². The van der Waals surface area contributed by atoms with Gasteiger partial charge in [-0.3, -0.25) is 0 Å². The van der Waals surface area contributed by atoms with Crippen molar-refractivity contribution in [2.24, 2.45) is 0 Å². The summed E-state index contributed by atoms with van der Waals surface area (Å²) in [6.07, 6.45) is 3.12. The highest BCUT2D eigenvalue weighted by Gasteiger charge is 2.07. The van der Waals surface area contributed by atoms with E-state index in [4.69, 9.17) is 0 Å². The molecular formula is C11H19NOS2. The van der Waals surface area contributed by atoms with E-state index >= 15 is 0 Å². The number of aliphatic hydroxyl groups excluding tert-OH is 1. The van der Waals surface area contributed by atoms with Crippen LogP contribution in [0.3, 0.4) is 0 Å². The molecule has 0 aliphatic rings. The molecule has 2 N–H and O–H groups in total. The first-order chi connectivity index (χ1) is 7.27. The van der Waals surface area contributed by atoms with Crippen LogP contribution in [0.25, 0.3) is 0 Å². The fourth-order valence-electron chi connectivity index (χ4n) is 1.34. The molecule has 1 rings (SSSR count). The Kier molecular flexibility index (Phi) is 6.32. The maximum atomic E-state index is 9.18. The Morgan fingerprint density at radius 2 is 2.40 bits per heavy atom. The average Bonchev–Trinajstić information content (AvgIpc) is 2.65. The van der Waals surface area contributed by atoms with Crippen molar-refractivity contribution in [1.82, 2.24) is 5.32 Å². The van der Waals surface area contributed by atoms with Gasteiger partial charge in [-0.05, 0) is 42.4 Å². The molecule has 0 saturated heterocycles. The van der Waals surface area contributed by atoms with Gasteiger partial charge in [-0.25, -0.2) is 0 Å². The van der Waals surface area contributed by atoms with Gasteiger partial charge in [0.05, 0.1) is 6.61 Å². The maximum absolute atomic E-state index is 9.18.